The van der Waals surface area contributed by atoms with Crippen LogP contribution in [-0.4, -0.2) is 35.9 Å². The first-order valence-corrected chi connectivity index (χ1v) is 8.63. The van der Waals surface area contributed by atoms with Gasteiger partial charge in [0.15, 0.2) is 5.69 Å². The van der Waals surface area contributed by atoms with Crippen LogP contribution in [0, 0.1) is 0 Å². The van der Waals surface area contributed by atoms with Gasteiger partial charge in [0, 0.05) is 17.2 Å². The smallest absolute Gasteiger partial charge is 0.385 e. The minimum Gasteiger partial charge on any atom is -0.463 e. The number of aromatic amines is 1. The Labute approximate surface area is 160 Å². The van der Waals surface area contributed by atoms with Crippen LogP contribution in [0.4, 0.5) is 0 Å². The molecule has 2 aromatic heterocycles. The zero-order valence-electron chi connectivity index (χ0n) is 15.4. The van der Waals surface area contributed by atoms with Crippen molar-refractivity contribution >= 4 is 11.9 Å². The van der Waals surface area contributed by atoms with Gasteiger partial charge in [0.25, 0.3) is 11.4 Å². The van der Waals surface area contributed by atoms with E-state index in [4.69, 9.17) is 9.47 Å². The summed E-state index contributed by atoms with van der Waals surface area (Å²) in [5.41, 5.74) is 3.39. The molecule has 0 bridgehead atoms. The summed E-state index contributed by atoms with van der Waals surface area (Å²) in [6.07, 6.45) is 0. The lowest BCUT2D eigenvalue weighted by Crippen LogP contribution is -2.35. The zero-order valence-corrected chi connectivity index (χ0v) is 15.4. The summed E-state index contributed by atoms with van der Waals surface area (Å²) in [5, 5.41) is 2.99. The monoisotopic (exact) mass is 376 g/mol. The second-order valence-electron chi connectivity index (χ2n) is 6.09. The van der Waals surface area contributed by atoms with Crippen LogP contribution < -0.4 is 4.52 Å². The van der Waals surface area contributed by atoms with Gasteiger partial charge in [-0.05, 0) is 4.63 Å². The SMILES string of the molecule is COC(=O)c1[nH]n2c(-c3ccccc3)cc(-c3ccccc3)[n+]2c1C(=O)OC. The van der Waals surface area contributed by atoms with Crippen LogP contribution in [0.1, 0.15) is 21.0 Å². The van der Waals surface area contributed by atoms with E-state index in [1.54, 1.807) is 9.15 Å². The number of ether oxygens (including phenoxy) is 2. The molecule has 28 heavy (non-hydrogen) atoms. The lowest BCUT2D eigenvalue weighted by molar-refractivity contribution is -0.608. The van der Waals surface area contributed by atoms with E-state index >= 15 is 0 Å². The molecule has 0 spiro atoms. The minimum absolute atomic E-state index is 0.0179. The Morgan fingerprint density at radius 2 is 1.43 bits per heavy atom. The van der Waals surface area contributed by atoms with Gasteiger partial charge in [-0.25, -0.2) is 9.59 Å². The number of carbonyl (C=O) groups excluding carboxylic acids is 2. The summed E-state index contributed by atoms with van der Waals surface area (Å²) in [6.45, 7) is 0. The van der Waals surface area contributed by atoms with Gasteiger partial charge in [-0.3, -0.25) is 0 Å². The number of methoxy groups -OCH3 is 2. The molecule has 4 aromatic rings. The van der Waals surface area contributed by atoms with E-state index in [2.05, 4.69) is 5.10 Å². The molecule has 0 aliphatic rings. The van der Waals surface area contributed by atoms with Gasteiger partial charge in [0.1, 0.15) is 5.69 Å². The number of hydrogen-bond donors (Lipinski definition) is 1. The second-order valence-corrected chi connectivity index (χ2v) is 6.09. The van der Waals surface area contributed by atoms with Crippen LogP contribution in [0.3, 0.4) is 0 Å². The van der Waals surface area contributed by atoms with E-state index < -0.39 is 11.9 Å². The highest BCUT2D eigenvalue weighted by atomic mass is 16.5. The number of aromatic nitrogens is 3. The molecule has 0 aliphatic carbocycles. The summed E-state index contributed by atoms with van der Waals surface area (Å²) in [6, 6.07) is 21.2. The van der Waals surface area contributed by atoms with Crippen LogP contribution >= 0.6 is 0 Å². The first-order valence-electron chi connectivity index (χ1n) is 8.63. The average Bonchev–Trinajstić information content (AvgIpc) is 3.31. The Bertz CT molecular complexity index is 1160. The molecule has 0 atom stereocenters. The molecule has 0 saturated carbocycles. The Morgan fingerprint density at radius 1 is 0.857 bits per heavy atom. The predicted octanol–water partition coefficient (Wildman–Crippen LogP) is 2.76. The first-order chi connectivity index (χ1) is 13.7. The van der Waals surface area contributed by atoms with Gasteiger partial charge >= 0.3 is 11.9 Å². The number of H-pyrrole nitrogens is 1. The summed E-state index contributed by atoms with van der Waals surface area (Å²) >= 11 is 0. The third kappa shape index (κ3) is 2.73. The highest BCUT2D eigenvalue weighted by Gasteiger charge is 2.36. The molecular formula is C21H18N3O4+. The van der Waals surface area contributed by atoms with E-state index in [0.29, 0.717) is 0 Å². The van der Waals surface area contributed by atoms with Gasteiger partial charge in [0.05, 0.1) is 14.2 Å². The van der Waals surface area contributed by atoms with Gasteiger partial charge in [0.2, 0.25) is 0 Å². The zero-order chi connectivity index (χ0) is 19.7. The van der Waals surface area contributed by atoms with Crippen molar-refractivity contribution in [3.8, 4) is 22.5 Å². The highest BCUT2D eigenvalue weighted by Crippen LogP contribution is 2.25. The number of fused-ring (bicyclic) bond motifs is 1. The fourth-order valence-corrected chi connectivity index (χ4v) is 3.22. The summed E-state index contributed by atoms with van der Waals surface area (Å²) in [4.78, 5) is 24.9. The summed E-state index contributed by atoms with van der Waals surface area (Å²) < 4.78 is 13.1. The number of nitrogens with one attached hydrogen (secondary N) is 1. The molecule has 0 fully saturated rings. The molecule has 0 radical (unpaired) electrons. The lowest BCUT2D eigenvalue weighted by Gasteiger charge is -1.98. The van der Waals surface area contributed by atoms with Crippen molar-refractivity contribution < 1.29 is 23.6 Å². The molecule has 0 aliphatic heterocycles. The van der Waals surface area contributed by atoms with E-state index in [0.717, 1.165) is 22.5 Å². The van der Waals surface area contributed by atoms with Crippen molar-refractivity contribution in [3.63, 3.8) is 0 Å². The van der Waals surface area contributed by atoms with Crippen molar-refractivity contribution in [1.82, 2.24) is 9.73 Å². The fraction of sp³-hybridized carbons (Fsp3) is 0.0952. The third-order valence-corrected chi connectivity index (χ3v) is 4.50. The maximum absolute atomic E-state index is 12.6. The molecule has 0 amide bonds. The van der Waals surface area contributed by atoms with Crippen molar-refractivity contribution in [2.24, 2.45) is 0 Å². The number of carbonyl (C=O) groups is 2. The molecule has 0 unspecified atom stereocenters. The summed E-state index contributed by atoms with van der Waals surface area (Å²) in [5.74, 6) is -1.30. The van der Waals surface area contributed by atoms with Crippen molar-refractivity contribution in [3.05, 3.63) is 78.1 Å². The normalized spacial score (nSPS) is 10.8. The first kappa shape index (κ1) is 17.5. The molecule has 0 saturated heterocycles. The lowest BCUT2D eigenvalue weighted by atomic mass is 10.1. The largest absolute Gasteiger partial charge is 0.463 e. The Morgan fingerprint density at radius 3 is 2.00 bits per heavy atom. The van der Waals surface area contributed by atoms with Gasteiger partial charge in [-0.1, -0.05) is 60.7 Å². The highest BCUT2D eigenvalue weighted by molar-refractivity contribution is 5.99. The van der Waals surface area contributed by atoms with Gasteiger partial charge in [-0.2, -0.15) is 5.10 Å². The van der Waals surface area contributed by atoms with Crippen LogP contribution in [0.15, 0.2) is 66.7 Å². The number of rotatable bonds is 4. The van der Waals surface area contributed by atoms with Gasteiger partial charge in [-0.15, -0.1) is 4.52 Å². The molecular weight excluding hydrogens is 358 g/mol. The third-order valence-electron chi connectivity index (χ3n) is 4.50. The van der Waals surface area contributed by atoms with Crippen LogP contribution in [0.2, 0.25) is 0 Å². The number of hydrogen-bond acceptors (Lipinski definition) is 4. The average molecular weight is 376 g/mol. The molecule has 7 nitrogen and oxygen atoms in total. The van der Waals surface area contributed by atoms with Gasteiger partial charge < -0.3 is 9.47 Å². The Balaban J connectivity index is 2.12. The minimum atomic E-state index is -0.658. The predicted molar refractivity (Wildman–Crippen MR) is 101 cm³/mol. The van der Waals surface area contributed by atoms with Crippen molar-refractivity contribution in [1.29, 1.82) is 0 Å². The standard InChI is InChI=1S/C21H17N3O4/c1-27-20(25)18-19(21(26)28-2)23-16(14-9-5-3-6-10-14)13-17(24(23)22-18)15-11-7-4-8-12-15/h3-13H,1-2H3/p+1. The quantitative estimate of drug-likeness (QED) is 0.439. The van der Waals surface area contributed by atoms with E-state index in [1.165, 1.54) is 14.2 Å². The number of benzene rings is 2. The fourth-order valence-electron chi connectivity index (χ4n) is 3.22. The van der Waals surface area contributed by atoms with Crippen molar-refractivity contribution in [2.45, 2.75) is 0 Å². The molecule has 1 N–H and O–H groups in total. The van der Waals surface area contributed by atoms with E-state index in [1.807, 2.05) is 66.7 Å². The number of esters is 2. The van der Waals surface area contributed by atoms with Crippen LogP contribution in [-0.2, 0) is 9.47 Å². The topological polar surface area (TPSA) is 76.9 Å². The van der Waals surface area contributed by atoms with Crippen LogP contribution in [0.5, 0.6) is 0 Å². The molecule has 2 aromatic carbocycles. The number of nitrogens with zero attached hydrogens (tertiary/aromatic N) is 2. The molecule has 4 rings (SSSR count). The summed E-state index contributed by atoms with van der Waals surface area (Å²) in [7, 11) is 2.54. The van der Waals surface area contributed by atoms with E-state index in [-0.39, 0.29) is 11.4 Å². The Kier molecular flexibility index (Phi) is 4.41. The molecule has 140 valence electrons. The second kappa shape index (κ2) is 7.03. The van der Waals surface area contributed by atoms with E-state index in [9.17, 15) is 9.59 Å². The molecule has 2 heterocycles. The van der Waals surface area contributed by atoms with Crippen molar-refractivity contribution in [2.75, 3.05) is 14.2 Å². The Hall–Kier alpha value is -3.87. The maximum atomic E-state index is 12.6. The maximum Gasteiger partial charge on any atom is 0.385 e. The molecule has 7 heteroatoms. The van der Waals surface area contributed by atoms with Crippen LogP contribution in [0.25, 0.3) is 22.5 Å².